The van der Waals surface area contributed by atoms with Gasteiger partial charge in [-0.2, -0.15) is 0 Å². The second kappa shape index (κ2) is 8.60. The van der Waals surface area contributed by atoms with Crippen LogP contribution in [0, 0.1) is 0 Å². The van der Waals surface area contributed by atoms with E-state index in [-0.39, 0.29) is 18.3 Å². The van der Waals surface area contributed by atoms with Crippen molar-refractivity contribution >= 4 is 28.7 Å². The van der Waals surface area contributed by atoms with Crippen molar-refractivity contribution in [3.63, 3.8) is 0 Å². The number of nitrogens with zero attached hydrogens (tertiary/aromatic N) is 1. The number of hydrogen-bond donors (Lipinski definition) is 0. The highest BCUT2D eigenvalue weighted by Gasteiger charge is 2.57. The molecule has 3 aliphatic rings. The predicted molar refractivity (Wildman–Crippen MR) is 143 cm³/mol. The predicted octanol–water partition coefficient (Wildman–Crippen LogP) is 5.72. The molecule has 0 saturated carbocycles. The van der Waals surface area contributed by atoms with Gasteiger partial charge in [0, 0.05) is 40.6 Å². The average molecular weight is 508 g/mol. The zero-order valence-corrected chi connectivity index (χ0v) is 21.1. The number of rotatable bonds is 6. The van der Waals surface area contributed by atoms with E-state index in [2.05, 4.69) is 12.1 Å². The van der Waals surface area contributed by atoms with Gasteiger partial charge in [-0.1, -0.05) is 48.5 Å². The Kier molecular flexibility index (Phi) is 5.18. The van der Waals surface area contributed by atoms with Gasteiger partial charge in [0.1, 0.15) is 23.5 Å². The van der Waals surface area contributed by atoms with E-state index in [0.29, 0.717) is 25.1 Å². The summed E-state index contributed by atoms with van der Waals surface area (Å²) in [6, 6.07) is 23.8. The van der Waals surface area contributed by atoms with Crippen molar-refractivity contribution in [2.75, 3.05) is 18.1 Å². The van der Waals surface area contributed by atoms with Gasteiger partial charge in [0.15, 0.2) is 5.78 Å². The van der Waals surface area contributed by atoms with Crippen LogP contribution in [0.1, 0.15) is 43.9 Å². The Morgan fingerprint density at radius 2 is 1.81 bits per heavy atom. The molecule has 37 heavy (non-hydrogen) atoms. The second-order valence-corrected chi connectivity index (χ2v) is 10.9. The number of amides is 1. The summed E-state index contributed by atoms with van der Waals surface area (Å²) in [6.07, 6.45) is 2.10. The fourth-order valence-electron chi connectivity index (χ4n) is 5.82. The zero-order chi connectivity index (χ0) is 25.0. The summed E-state index contributed by atoms with van der Waals surface area (Å²) in [5, 5.41) is 2.04. The molecule has 4 heterocycles. The molecule has 184 valence electrons. The Morgan fingerprint density at radius 3 is 2.65 bits per heavy atom. The first-order valence-corrected chi connectivity index (χ1v) is 13.5. The van der Waals surface area contributed by atoms with Crippen LogP contribution in [-0.2, 0) is 29.6 Å². The van der Waals surface area contributed by atoms with Gasteiger partial charge in [0.2, 0.25) is 5.91 Å². The van der Waals surface area contributed by atoms with Gasteiger partial charge in [-0.25, -0.2) is 0 Å². The van der Waals surface area contributed by atoms with Gasteiger partial charge in [-0.05, 0) is 46.7 Å². The summed E-state index contributed by atoms with van der Waals surface area (Å²) in [4.78, 5) is 30.0. The Labute approximate surface area is 219 Å². The van der Waals surface area contributed by atoms with Crippen LogP contribution in [-0.4, -0.2) is 24.9 Å². The van der Waals surface area contributed by atoms with Crippen molar-refractivity contribution in [2.45, 2.75) is 31.2 Å². The van der Waals surface area contributed by atoms with Crippen LogP contribution in [0.4, 0.5) is 5.69 Å². The van der Waals surface area contributed by atoms with Crippen molar-refractivity contribution in [3.8, 4) is 11.5 Å². The molecule has 1 atom stereocenters. The molecule has 3 aromatic carbocycles. The molecule has 0 bridgehead atoms. The van der Waals surface area contributed by atoms with Crippen molar-refractivity contribution in [2.24, 2.45) is 0 Å². The number of ether oxygens (including phenoxy) is 2. The van der Waals surface area contributed by atoms with Crippen molar-refractivity contribution in [3.05, 3.63) is 111 Å². The van der Waals surface area contributed by atoms with E-state index < -0.39 is 5.41 Å². The van der Waals surface area contributed by atoms with E-state index in [1.54, 1.807) is 11.3 Å². The minimum absolute atomic E-state index is 0.0300. The first-order valence-electron chi connectivity index (χ1n) is 12.6. The third-order valence-corrected chi connectivity index (χ3v) is 8.69. The van der Waals surface area contributed by atoms with E-state index in [9.17, 15) is 9.59 Å². The molecule has 1 spiro atoms. The molecule has 1 unspecified atom stereocenters. The van der Waals surface area contributed by atoms with Crippen LogP contribution in [0.15, 0.2) is 78.2 Å². The lowest BCUT2D eigenvalue weighted by Gasteiger charge is -2.23. The van der Waals surface area contributed by atoms with Crippen molar-refractivity contribution in [1.29, 1.82) is 0 Å². The van der Waals surface area contributed by atoms with Crippen LogP contribution in [0.3, 0.4) is 0 Å². The van der Waals surface area contributed by atoms with E-state index in [4.69, 9.17) is 9.47 Å². The monoisotopic (exact) mass is 507 g/mol. The highest BCUT2D eigenvalue weighted by molar-refractivity contribution is 7.09. The number of carbonyl (C=O) groups is 2. The first kappa shape index (κ1) is 22.3. The molecule has 0 N–H and O–H groups in total. The maximum Gasteiger partial charge on any atom is 0.246 e. The SMILES string of the molecule is O=C(CCc1cccs1)c1ccc(CN2C(=O)C3(COc4cc5c(cc43)CCO5)c3ccccc32)cc1. The minimum atomic E-state index is -0.846. The molecule has 5 nitrogen and oxygen atoms in total. The number of benzene rings is 3. The van der Waals surface area contributed by atoms with Gasteiger partial charge in [0.05, 0.1) is 13.2 Å². The molecule has 1 aromatic heterocycles. The Hall–Kier alpha value is -3.90. The minimum Gasteiger partial charge on any atom is -0.493 e. The Bertz CT molecular complexity index is 1530. The number of hydrogen-bond acceptors (Lipinski definition) is 5. The normalized spacial score (nSPS) is 18.9. The molecule has 0 saturated heterocycles. The maximum absolute atomic E-state index is 14.2. The first-order chi connectivity index (χ1) is 18.1. The Morgan fingerprint density at radius 1 is 0.946 bits per heavy atom. The van der Waals surface area contributed by atoms with Gasteiger partial charge in [-0.3, -0.25) is 9.59 Å². The third kappa shape index (κ3) is 3.50. The summed E-state index contributed by atoms with van der Waals surface area (Å²) in [5.74, 6) is 1.76. The molecule has 4 aromatic rings. The number of aryl methyl sites for hydroxylation is 1. The smallest absolute Gasteiger partial charge is 0.246 e. The average Bonchev–Trinajstić information content (AvgIpc) is 3.72. The summed E-state index contributed by atoms with van der Waals surface area (Å²) < 4.78 is 11.8. The molecule has 1 amide bonds. The van der Waals surface area contributed by atoms with Crippen LogP contribution >= 0.6 is 11.3 Å². The van der Waals surface area contributed by atoms with Crippen LogP contribution in [0.5, 0.6) is 11.5 Å². The number of carbonyl (C=O) groups excluding carboxylic acids is 2. The summed E-state index contributed by atoms with van der Waals surface area (Å²) in [7, 11) is 0. The van der Waals surface area contributed by atoms with Gasteiger partial charge in [-0.15, -0.1) is 11.3 Å². The fourth-order valence-corrected chi connectivity index (χ4v) is 6.53. The molecule has 7 rings (SSSR count). The van der Waals surface area contributed by atoms with Crippen LogP contribution in [0.2, 0.25) is 0 Å². The van der Waals surface area contributed by atoms with Gasteiger partial charge >= 0.3 is 0 Å². The second-order valence-electron chi connectivity index (χ2n) is 9.86. The largest absolute Gasteiger partial charge is 0.493 e. The molecular weight excluding hydrogens is 482 g/mol. The standard InChI is InChI=1S/C31H25NO4S/c33-27(12-11-23-4-3-15-37-23)21-9-7-20(8-10-21)18-32-26-6-2-1-5-24(26)31(30(32)34)19-36-29-17-28-22(13-14-35-28)16-25(29)31/h1-10,15-17H,11-14,18-19H2. The van der Waals surface area contributed by atoms with Crippen LogP contribution < -0.4 is 14.4 Å². The van der Waals surface area contributed by atoms with Gasteiger partial charge in [0.25, 0.3) is 0 Å². The van der Waals surface area contributed by atoms with E-state index in [0.717, 1.165) is 52.3 Å². The number of anilines is 1. The quantitative estimate of drug-likeness (QED) is 0.313. The molecular formula is C31H25NO4S. The number of fused-ring (bicyclic) bond motifs is 5. The molecule has 3 aliphatic heterocycles. The molecule has 6 heteroatoms. The number of Topliss-reactive ketones (excluding diaryl/α,β-unsaturated/α-hetero) is 1. The highest BCUT2D eigenvalue weighted by atomic mass is 32.1. The van der Waals surface area contributed by atoms with Crippen LogP contribution in [0.25, 0.3) is 0 Å². The third-order valence-electron chi connectivity index (χ3n) is 7.76. The van der Waals surface area contributed by atoms with E-state index in [1.807, 2.05) is 70.9 Å². The highest BCUT2D eigenvalue weighted by Crippen LogP contribution is 2.54. The lowest BCUT2D eigenvalue weighted by molar-refractivity contribution is -0.122. The lowest BCUT2D eigenvalue weighted by Crippen LogP contribution is -2.42. The molecule has 0 aliphatic carbocycles. The topological polar surface area (TPSA) is 55.8 Å². The number of para-hydroxylation sites is 1. The number of ketones is 1. The lowest BCUT2D eigenvalue weighted by atomic mass is 9.76. The summed E-state index contributed by atoms with van der Waals surface area (Å²) >= 11 is 1.68. The molecule has 0 radical (unpaired) electrons. The van der Waals surface area contributed by atoms with E-state index >= 15 is 0 Å². The van der Waals surface area contributed by atoms with Gasteiger partial charge < -0.3 is 14.4 Å². The summed E-state index contributed by atoms with van der Waals surface area (Å²) in [5.41, 5.74) is 4.81. The van der Waals surface area contributed by atoms with E-state index in [1.165, 1.54) is 4.88 Å². The maximum atomic E-state index is 14.2. The fraction of sp³-hybridized carbons (Fsp3) is 0.226. The molecule has 0 fully saturated rings. The Balaban J connectivity index is 1.16. The summed E-state index contributed by atoms with van der Waals surface area (Å²) in [6.45, 7) is 1.38. The zero-order valence-electron chi connectivity index (χ0n) is 20.2. The van der Waals surface area contributed by atoms with Crippen molar-refractivity contribution < 1.29 is 19.1 Å². The van der Waals surface area contributed by atoms with Crippen molar-refractivity contribution in [1.82, 2.24) is 0 Å². The number of thiophene rings is 1.